The van der Waals surface area contributed by atoms with Crippen LogP contribution in [0, 0.1) is 0 Å². The molecule has 0 atom stereocenters. The standard InChI is InChI=1S/C10H13ClN2O3/c1-10(2,5-14)13-8-4-6(9(15)16)3-7(11)12-8/h3-4,14H,5H2,1-2H3,(H,12,13)(H,15,16). The normalized spacial score (nSPS) is 11.2. The Bertz CT molecular complexity index is 407. The summed E-state index contributed by atoms with van der Waals surface area (Å²) in [6.45, 7) is 3.41. The van der Waals surface area contributed by atoms with Gasteiger partial charge in [-0.3, -0.25) is 0 Å². The van der Waals surface area contributed by atoms with E-state index in [9.17, 15) is 4.79 Å². The van der Waals surface area contributed by atoms with E-state index < -0.39 is 11.5 Å². The van der Waals surface area contributed by atoms with Gasteiger partial charge in [-0.1, -0.05) is 11.6 Å². The zero-order valence-electron chi connectivity index (χ0n) is 8.99. The number of aliphatic hydroxyl groups excluding tert-OH is 1. The fourth-order valence-electron chi connectivity index (χ4n) is 1.07. The molecule has 1 rings (SSSR count). The second kappa shape index (κ2) is 4.67. The third-order valence-corrected chi connectivity index (χ3v) is 2.10. The summed E-state index contributed by atoms with van der Waals surface area (Å²) in [7, 11) is 0. The van der Waals surface area contributed by atoms with Crippen LogP contribution in [0.5, 0.6) is 0 Å². The molecular weight excluding hydrogens is 232 g/mol. The van der Waals surface area contributed by atoms with Crippen molar-refractivity contribution >= 4 is 23.4 Å². The summed E-state index contributed by atoms with van der Waals surface area (Å²) in [6.07, 6.45) is 0. The van der Waals surface area contributed by atoms with Gasteiger partial charge in [0.25, 0.3) is 0 Å². The Morgan fingerprint density at radius 1 is 1.56 bits per heavy atom. The number of carbonyl (C=O) groups is 1. The number of pyridine rings is 1. The van der Waals surface area contributed by atoms with Crippen LogP contribution >= 0.6 is 11.6 Å². The molecule has 0 amide bonds. The maximum Gasteiger partial charge on any atom is 0.335 e. The number of hydrogen-bond acceptors (Lipinski definition) is 4. The van der Waals surface area contributed by atoms with Crippen LogP contribution in [0.15, 0.2) is 12.1 Å². The van der Waals surface area contributed by atoms with Gasteiger partial charge < -0.3 is 15.5 Å². The molecule has 0 radical (unpaired) electrons. The molecule has 0 aliphatic carbocycles. The van der Waals surface area contributed by atoms with Gasteiger partial charge in [0.05, 0.1) is 17.7 Å². The van der Waals surface area contributed by atoms with E-state index in [1.165, 1.54) is 12.1 Å². The van der Waals surface area contributed by atoms with E-state index in [1.807, 2.05) is 0 Å². The third-order valence-electron chi connectivity index (χ3n) is 1.90. The summed E-state index contributed by atoms with van der Waals surface area (Å²) in [6, 6.07) is 2.63. The van der Waals surface area contributed by atoms with Crippen molar-refractivity contribution in [2.24, 2.45) is 0 Å². The molecule has 16 heavy (non-hydrogen) atoms. The fraction of sp³-hybridized carbons (Fsp3) is 0.400. The Labute approximate surface area is 98.1 Å². The van der Waals surface area contributed by atoms with Gasteiger partial charge in [-0.25, -0.2) is 9.78 Å². The van der Waals surface area contributed by atoms with Crippen molar-refractivity contribution in [3.8, 4) is 0 Å². The molecule has 1 aromatic heterocycles. The molecule has 1 heterocycles. The zero-order chi connectivity index (χ0) is 12.3. The topological polar surface area (TPSA) is 82.5 Å². The van der Waals surface area contributed by atoms with Crippen molar-refractivity contribution in [3.63, 3.8) is 0 Å². The smallest absolute Gasteiger partial charge is 0.335 e. The minimum Gasteiger partial charge on any atom is -0.478 e. The summed E-state index contributed by atoms with van der Waals surface area (Å²) in [5.41, 5.74) is -0.538. The number of aromatic nitrogens is 1. The number of aromatic carboxylic acids is 1. The van der Waals surface area contributed by atoms with Crippen LogP contribution in [0.2, 0.25) is 5.15 Å². The maximum absolute atomic E-state index is 10.8. The predicted molar refractivity (Wildman–Crippen MR) is 61.0 cm³/mol. The quantitative estimate of drug-likeness (QED) is 0.701. The molecule has 0 spiro atoms. The van der Waals surface area contributed by atoms with Crippen LogP contribution in [0.25, 0.3) is 0 Å². The highest BCUT2D eigenvalue weighted by molar-refractivity contribution is 6.29. The van der Waals surface area contributed by atoms with E-state index in [0.29, 0.717) is 5.82 Å². The van der Waals surface area contributed by atoms with Crippen LogP contribution < -0.4 is 5.32 Å². The number of carboxylic acids is 1. The van der Waals surface area contributed by atoms with Crippen molar-refractivity contribution in [2.75, 3.05) is 11.9 Å². The first-order chi connectivity index (χ1) is 7.34. The molecule has 3 N–H and O–H groups in total. The molecule has 1 aromatic rings. The minimum atomic E-state index is -1.07. The molecule has 0 bridgehead atoms. The first-order valence-electron chi connectivity index (χ1n) is 4.64. The molecule has 0 unspecified atom stereocenters. The van der Waals surface area contributed by atoms with Gasteiger partial charge in [-0.05, 0) is 26.0 Å². The molecule has 0 saturated heterocycles. The van der Waals surface area contributed by atoms with Gasteiger partial charge in [0, 0.05) is 0 Å². The van der Waals surface area contributed by atoms with Crippen molar-refractivity contribution in [1.29, 1.82) is 0 Å². The molecule has 0 aliphatic heterocycles. The first-order valence-corrected chi connectivity index (χ1v) is 5.02. The van der Waals surface area contributed by atoms with E-state index in [0.717, 1.165) is 0 Å². The lowest BCUT2D eigenvalue weighted by Gasteiger charge is -2.24. The van der Waals surface area contributed by atoms with Crippen LogP contribution in [-0.2, 0) is 0 Å². The molecule has 0 aliphatic rings. The molecule has 0 fully saturated rings. The molecule has 0 aromatic carbocycles. The lowest BCUT2D eigenvalue weighted by atomic mass is 10.1. The van der Waals surface area contributed by atoms with E-state index in [1.54, 1.807) is 13.8 Å². The van der Waals surface area contributed by atoms with Crippen LogP contribution in [0.3, 0.4) is 0 Å². The second-order valence-corrected chi connectivity index (χ2v) is 4.42. The molecule has 6 heteroatoms. The van der Waals surface area contributed by atoms with Crippen molar-refractivity contribution in [1.82, 2.24) is 4.98 Å². The third kappa shape index (κ3) is 3.36. The highest BCUT2D eigenvalue weighted by Gasteiger charge is 2.17. The Morgan fingerprint density at radius 3 is 2.69 bits per heavy atom. The van der Waals surface area contributed by atoms with Gasteiger partial charge in [0.1, 0.15) is 11.0 Å². The number of hydrogen-bond donors (Lipinski definition) is 3. The van der Waals surface area contributed by atoms with Gasteiger partial charge in [0.15, 0.2) is 0 Å². The van der Waals surface area contributed by atoms with Crippen LogP contribution in [0.1, 0.15) is 24.2 Å². The van der Waals surface area contributed by atoms with Gasteiger partial charge in [-0.15, -0.1) is 0 Å². The molecular formula is C10H13ClN2O3. The van der Waals surface area contributed by atoms with Crippen LogP contribution in [0.4, 0.5) is 5.82 Å². The fourth-order valence-corrected chi connectivity index (χ4v) is 1.28. The second-order valence-electron chi connectivity index (χ2n) is 4.04. The van der Waals surface area contributed by atoms with Gasteiger partial charge in [0.2, 0.25) is 0 Å². The Kier molecular flexibility index (Phi) is 3.72. The first kappa shape index (κ1) is 12.7. The number of carboxylic acid groups (broad SMARTS) is 1. The van der Waals surface area contributed by atoms with Crippen molar-refractivity contribution in [2.45, 2.75) is 19.4 Å². The molecule has 88 valence electrons. The molecule has 5 nitrogen and oxygen atoms in total. The van der Waals surface area contributed by atoms with Crippen molar-refractivity contribution < 1.29 is 15.0 Å². The van der Waals surface area contributed by atoms with Crippen molar-refractivity contribution in [3.05, 3.63) is 22.8 Å². The monoisotopic (exact) mass is 244 g/mol. The van der Waals surface area contributed by atoms with Gasteiger partial charge in [-0.2, -0.15) is 0 Å². The van der Waals surface area contributed by atoms with E-state index in [-0.39, 0.29) is 17.3 Å². The predicted octanol–water partition coefficient (Wildman–Crippen LogP) is 1.62. The average molecular weight is 245 g/mol. The minimum absolute atomic E-state index is 0.0521. The summed E-state index contributed by atoms with van der Waals surface area (Å²) in [5.74, 6) is -0.752. The van der Waals surface area contributed by atoms with E-state index >= 15 is 0 Å². The highest BCUT2D eigenvalue weighted by Crippen LogP contribution is 2.18. The number of rotatable bonds is 4. The number of halogens is 1. The Morgan fingerprint density at radius 2 is 2.19 bits per heavy atom. The zero-order valence-corrected chi connectivity index (χ0v) is 9.75. The number of aliphatic hydroxyl groups is 1. The summed E-state index contributed by atoms with van der Waals surface area (Å²) < 4.78 is 0. The summed E-state index contributed by atoms with van der Waals surface area (Å²) >= 11 is 5.69. The van der Waals surface area contributed by atoms with Gasteiger partial charge >= 0.3 is 5.97 Å². The van der Waals surface area contributed by atoms with E-state index in [4.69, 9.17) is 21.8 Å². The summed E-state index contributed by atoms with van der Waals surface area (Å²) in [4.78, 5) is 14.7. The number of nitrogens with one attached hydrogen (secondary N) is 1. The largest absolute Gasteiger partial charge is 0.478 e. The Balaban J connectivity index is 3.01. The van der Waals surface area contributed by atoms with E-state index in [2.05, 4.69) is 10.3 Å². The lowest BCUT2D eigenvalue weighted by Crippen LogP contribution is -2.35. The summed E-state index contributed by atoms with van der Waals surface area (Å²) in [5, 5.41) is 20.9. The lowest BCUT2D eigenvalue weighted by molar-refractivity contribution is 0.0697. The van der Waals surface area contributed by atoms with Crippen LogP contribution in [-0.4, -0.2) is 33.3 Å². The number of anilines is 1. The SMILES string of the molecule is CC(C)(CO)Nc1cc(C(=O)O)cc(Cl)n1. The number of nitrogens with zero attached hydrogens (tertiary/aromatic N) is 1. The average Bonchev–Trinajstić information content (AvgIpc) is 2.16. The molecule has 0 saturated carbocycles. The maximum atomic E-state index is 10.8. The highest BCUT2D eigenvalue weighted by atomic mass is 35.5. The Hall–Kier alpha value is -1.33.